The number of esters is 1. The van der Waals surface area contributed by atoms with Crippen LogP contribution < -0.4 is 9.47 Å². The molecular formula is C24H21NO5. The molecule has 2 heterocycles. The Kier molecular flexibility index (Phi) is 5.14. The zero-order valence-electron chi connectivity index (χ0n) is 17.0. The molecule has 0 spiro atoms. The fraction of sp³-hybridized carbons (Fsp3) is 0.167. The summed E-state index contributed by atoms with van der Waals surface area (Å²) in [5.74, 6) is 0.710. The molecule has 0 saturated heterocycles. The Morgan fingerprint density at radius 1 is 0.833 bits per heavy atom. The molecule has 4 rings (SSSR count). The van der Waals surface area contributed by atoms with E-state index in [1.807, 2.05) is 30.3 Å². The molecule has 30 heavy (non-hydrogen) atoms. The maximum atomic E-state index is 13.4. The van der Waals surface area contributed by atoms with Gasteiger partial charge in [0, 0.05) is 10.9 Å². The van der Waals surface area contributed by atoms with Crippen LogP contribution in [0.25, 0.3) is 16.4 Å². The molecule has 6 nitrogen and oxygen atoms in total. The lowest BCUT2D eigenvalue weighted by atomic mass is 10.1. The number of carbonyl (C=O) groups excluding carboxylic acids is 2. The summed E-state index contributed by atoms with van der Waals surface area (Å²) in [7, 11) is 3.18. The molecule has 152 valence electrons. The molecule has 0 aliphatic carbocycles. The van der Waals surface area contributed by atoms with E-state index in [1.165, 1.54) is 0 Å². The summed E-state index contributed by atoms with van der Waals surface area (Å²) in [6.45, 7) is 2.00. The number of fused-ring (bicyclic) bond motifs is 3. The van der Waals surface area contributed by atoms with E-state index in [9.17, 15) is 9.59 Å². The molecule has 4 aromatic rings. The molecule has 0 aliphatic rings. The molecule has 2 aromatic carbocycles. The number of carbonyl (C=O) groups is 2. The number of methoxy groups -OCH3 is 2. The van der Waals surface area contributed by atoms with Gasteiger partial charge in [-0.05, 0) is 61.5 Å². The average Bonchev–Trinajstić information content (AvgIpc) is 3.18. The van der Waals surface area contributed by atoms with Crippen LogP contribution in [0, 0.1) is 0 Å². The maximum Gasteiger partial charge on any atom is 0.340 e. The molecule has 6 heteroatoms. The van der Waals surface area contributed by atoms with Crippen LogP contribution in [-0.2, 0) is 4.74 Å². The van der Waals surface area contributed by atoms with Crippen molar-refractivity contribution in [1.29, 1.82) is 0 Å². The Hall–Kier alpha value is -3.80. The van der Waals surface area contributed by atoms with E-state index in [0.29, 0.717) is 33.8 Å². The monoisotopic (exact) mass is 403 g/mol. The van der Waals surface area contributed by atoms with Crippen molar-refractivity contribution in [2.75, 3.05) is 20.8 Å². The van der Waals surface area contributed by atoms with Crippen molar-refractivity contribution in [2.45, 2.75) is 6.92 Å². The van der Waals surface area contributed by atoms with Gasteiger partial charge in [-0.15, -0.1) is 0 Å². The third-order valence-corrected chi connectivity index (χ3v) is 5.02. The van der Waals surface area contributed by atoms with Crippen LogP contribution in [0.3, 0.4) is 0 Å². The molecule has 0 fully saturated rings. The second-order valence-corrected chi connectivity index (χ2v) is 6.70. The van der Waals surface area contributed by atoms with E-state index in [4.69, 9.17) is 14.2 Å². The van der Waals surface area contributed by atoms with Crippen molar-refractivity contribution in [2.24, 2.45) is 0 Å². The number of ketones is 1. The van der Waals surface area contributed by atoms with Gasteiger partial charge in [-0.2, -0.15) is 0 Å². The predicted molar refractivity (Wildman–Crippen MR) is 114 cm³/mol. The van der Waals surface area contributed by atoms with Gasteiger partial charge in [-0.25, -0.2) is 4.79 Å². The average molecular weight is 403 g/mol. The van der Waals surface area contributed by atoms with Crippen LogP contribution in [0.1, 0.15) is 33.3 Å². The van der Waals surface area contributed by atoms with E-state index in [-0.39, 0.29) is 12.4 Å². The number of pyridine rings is 1. The molecule has 0 amide bonds. The lowest BCUT2D eigenvalue weighted by Gasteiger charge is -2.09. The smallest absolute Gasteiger partial charge is 0.340 e. The number of aromatic nitrogens is 1. The summed E-state index contributed by atoms with van der Waals surface area (Å²) in [5, 5.41) is 0.886. The first-order valence-corrected chi connectivity index (χ1v) is 9.55. The first kappa shape index (κ1) is 19.5. The van der Waals surface area contributed by atoms with Gasteiger partial charge in [0.25, 0.3) is 0 Å². The summed E-state index contributed by atoms with van der Waals surface area (Å²) in [6, 6.07) is 17.8. The summed E-state index contributed by atoms with van der Waals surface area (Å²) >= 11 is 0. The van der Waals surface area contributed by atoms with Crippen molar-refractivity contribution in [3.05, 3.63) is 77.5 Å². The second kappa shape index (κ2) is 7.91. The van der Waals surface area contributed by atoms with Gasteiger partial charge in [-0.1, -0.05) is 6.07 Å². The highest BCUT2D eigenvalue weighted by Gasteiger charge is 2.23. The fourth-order valence-electron chi connectivity index (χ4n) is 3.54. The van der Waals surface area contributed by atoms with Crippen molar-refractivity contribution < 1.29 is 23.8 Å². The van der Waals surface area contributed by atoms with Crippen LogP contribution in [0.5, 0.6) is 11.5 Å². The SMILES string of the molecule is CCOC(=O)c1cc(C(=O)c2ccc(OC)cc2)n2c1ccc1cc(OC)ccc12. The number of nitrogens with zero attached hydrogens (tertiary/aromatic N) is 1. The third kappa shape index (κ3) is 3.26. The lowest BCUT2D eigenvalue weighted by molar-refractivity contribution is 0.0529. The van der Waals surface area contributed by atoms with Crippen LogP contribution >= 0.6 is 0 Å². The summed E-state index contributed by atoms with van der Waals surface area (Å²) in [5.41, 5.74) is 2.64. The largest absolute Gasteiger partial charge is 0.497 e. The number of ether oxygens (including phenoxy) is 3. The highest BCUT2D eigenvalue weighted by molar-refractivity contribution is 6.12. The molecule has 0 N–H and O–H groups in total. The standard InChI is InChI=1S/C24H21NO5/c1-4-30-24(27)19-14-22(23(26)15-5-8-17(28-2)9-6-15)25-20-12-10-18(29-3)13-16(20)7-11-21(19)25/h5-14H,4H2,1-3H3. The van der Waals surface area contributed by atoms with Gasteiger partial charge < -0.3 is 18.6 Å². The maximum absolute atomic E-state index is 13.4. The van der Waals surface area contributed by atoms with Crippen molar-refractivity contribution in [3.63, 3.8) is 0 Å². The van der Waals surface area contributed by atoms with E-state index >= 15 is 0 Å². The molecule has 0 unspecified atom stereocenters. The van der Waals surface area contributed by atoms with Crippen molar-refractivity contribution in [1.82, 2.24) is 4.40 Å². The van der Waals surface area contributed by atoms with Gasteiger partial charge in [-0.3, -0.25) is 4.79 Å². The van der Waals surface area contributed by atoms with Gasteiger partial charge in [0.15, 0.2) is 0 Å². The number of benzene rings is 2. The summed E-state index contributed by atoms with van der Waals surface area (Å²) < 4.78 is 17.5. The molecule has 2 aromatic heterocycles. The van der Waals surface area contributed by atoms with E-state index in [0.717, 1.165) is 10.9 Å². The van der Waals surface area contributed by atoms with Gasteiger partial charge in [0.05, 0.1) is 43.1 Å². The minimum atomic E-state index is -0.461. The van der Waals surface area contributed by atoms with Crippen molar-refractivity contribution in [3.8, 4) is 11.5 Å². The molecular weight excluding hydrogens is 382 g/mol. The Morgan fingerprint density at radius 3 is 2.17 bits per heavy atom. The Labute approximate surface area is 173 Å². The van der Waals surface area contributed by atoms with E-state index in [1.54, 1.807) is 55.9 Å². The number of hydrogen-bond acceptors (Lipinski definition) is 5. The van der Waals surface area contributed by atoms with Crippen LogP contribution in [-0.4, -0.2) is 37.0 Å². The zero-order valence-corrected chi connectivity index (χ0v) is 17.0. The topological polar surface area (TPSA) is 66.2 Å². The summed E-state index contributed by atoms with van der Waals surface area (Å²) in [6.07, 6.45) is 0. The summed E-state index contributed by atoms with van der Waals surface area (Å²) in [4.78, 5) is 25.9. The predicted octanol–water partition coefficient (Wildman–Crippen LogP) is 4.52. The van der Waals surface area contributed by atoms with Gasteiger partial charge in [0.2, 0.25) is 5.78 Å². The molecule has 0 radical (unpaired) electrons. The first-order valence-electron chi connectivity index (χ1n) is 9.55. The van der Waals surface area contributed by atoms with Crippen LogP contribution in [0.2, 0.25) is 0 Å². The zero-order chi connectivity index (χ0) is 21.3. The number of hydrogen-bond donors (Lipinski definition) is 0. The molecule has 0 atom stereocenters. The number of rotatable bonds is 6. The van der Waals surface area contributed by atoms with E-state index in [2.05, 4.69) is 0 Å². The fourth-order valence-corrected chi connectivity index (χ4v) is 3.54. The van der Waals surface area contributed by atoms with Crippen molar-refractivity contribution >= 4 is 28.2 Å². The minimum absolute atomic E-state index is 0.202. The van der Waals surface area contributed by atoms with Gasteiger partial charge in [0.1, 0.15) is 11.5 Å². The van der Waals surface area contributed by atoms with E-state index < -0.39 is 5.97 Å². The first-order chi connectivity index (χ1) is 14.6. The van der Waals surface area contributed by atoms with Crippen LogP contribution in [0.15, 0.2) is 60.7 Å². The normalized spacial score (nSPS) is 10.9. The highest BCUT2D eigenvalue weighted by Crippen LogP contribution is 2.29. The molecule has 0 aliphatic heterocycles. The minimum Gasteiger partial charge on any atom is -0.497 e. The highest BCUT2D eigenvalue weighted by atomic mass is 16.5. The third-order valence-electron chi connectivity index (χ3n) is 5.02. The Balaban J connectivity index is 1.97. The Morgan fingerprint density at radius 2 is 1.50 bits per heavy atom. The van der Waals surface area contributed by atoms with Crippen LogP contribution in [0.4, 0.5) is 0 Å². The second-order valence-electron chi connectivity index (χ2n) is 6.70. The van der Waals surface area contributed by atoms with Gasteiger partial charge >= 0.3 is 5.97 Å². The lowest BCUT2D eigenvalue weighted by Crippen LogP contribution is -2.06. The Bertz CT molecular complexity index is 1250. The molecule has 0 bridgehead atoms. The quantitative estimate of drug-likeness (QED) is 0.350. The molecule has 0 saturated carbocycles.